The van der Waals surface area contributed by atoms with Gasteiger partial charge in [-0.25, -0.2) is 0 Å². The van der Waals surface area contributed by atoms with Crippen LogP contribution in [0, 0.1) is 5.92 Å². The van der Waals surface area contributed by atoms with Gasteiger partial charge >= 0.3 is 0 Å². The Kier molecular flexibility index (Phi) is 4.30. The number of carbonyl (C=O) groups is 1. The van der Waals surface area contributed by atoms with Gasteiger partial charge in [0.05, 0.1) is 12.7 Å². The van der Waals surface area contributed by atoms with Gasteiger partial charge in [-0.15, -0.1) is 23.2 Å². The highest BCUT2D eigenvalue weighted by atomic mass is 35.5. The van der Waals surface area contributed by atoms with E-state index in [1.807, 2.05) is 0 Å². The average Bonchev–Trinajstić information content (AvgIpc) is 3.20. The van der Waals surface area contributed by atoms with E-state index in [0.29, 0.717) is 13.0 Å². The lowest BCUT2D eigenvalue weighted by atomic mass is 9.75. The zero-order valence-electron chi connectivity index (χ0n) is 16.0. The molecule has 0 aromatic heterocycles. The van der Waals surface area contributed by atoms with Gasteiger partial charge in [-0.05, 0) is 31.6 Å². The van der Waals surface area contributed by atoms with Gasteiger partial charge in [-0.1, -0.05) is 6.42 Å². The Labute approximate surface area is 173 Å². The van der Waals surface area contributed by atoms with Crippen LogP contribution in [-0.4, -0.2) is 71.0 Å². The second-order valence-corrected chi connectivity index (χ2v) is 9.98. The molecular formula is C19H26Cl2O7. The summed E-state index contributed by atoms with van der Waals surface area (Å²) in [5, 5.41) is 11.4. The molecule has 28 heavy (non-hydrogen) atoms. The molecule has 7 nitrogen and oxygen atoms in total. The average molecular weight is 437 g/mol. The van der Waals surface area contributed by atoms with E-state index in [2.05, 4.69) is 0 Å². The summed E-state index contributed by atoms with van der Waals surface area (Å²) in [4.78, 5) is 9.94. The zero-order valence-corrected chi connectivity index (χ0v) is 17.6. The van der Waals surface area contributed by atoms with Crippen LogP contribution in [0.25, 0.3) is 0 Å². The smallest absolute Gasteiger partial charge is 0.254 e. The quantitative estimate of drug-likeness (QED) is 0.535. The Bertz CT molecular complexity index is 694. The first-order valence-corrected chi connectivity index (χ1v) is 10.7. The molecule has 0 aromatic carbocycles. The van der Waals surface area contributed by atoms with Gasteiger partial charge in [0.25, 0.3) is 5.79 Å². The lowest BCUT2D eigenvalue weighted by Crippen LogP contribution is -2.69. The molecule has 1 N–H and O–H groups in total. The van der Waals surface area contributed by atoms with Gasteiger partial charge in [0.15, 0.2) is 15.5 Å². The highest BCUT2D eigenvalue weighted by Crippen LogP contribution is 2.72. The number of carbonyl (C=O) groups excluding carboxylic acids is 1. The van der Waals surface area contributed by atoms with E-state index in [1.165, 1.54) is 20.6 Å². The first-order valence-electron chi connectivity index (χ1n) is 9.97. The number of ketones is 1. The fourth-order valence-electron chi connectivity index (χ4n) is 6.33. The summed E-state index contributed by atoms with van der Waals surface area (Å²) in [5.74, 6) is -5.63. The van der Waals surface area contributed by atoms with E-state index in [-0.39, 0.29) is 18.4 Å². The van der Waals surface area contributed by atoms with Crippen LogP contribution in [0.4, 0.5) is 0 Å². The van der Waals surface area contributed by atoms with E-state index in [1.54, 1.807) is 0 Å². The van der Waals surface area contributed by atoms with Crippen molar-refractivity contribution in [2.75, 3.05) is 20.8 Å². The summed E-state index contributed by atoms with van der Waals surface area (Å²) in [6, 6.07) is 0. The second kappa shape index (κ2) is 6.04. The molecule has 0 radical (unpaired) electrons. The van der Waals surface area contributed by atoms with Crippen molar-refractivity contribution in [2.45, 2.75) is 84.3 Å². The van der Waals surface area contributed by atoms with E-state index in [4.69, 9.17) is 46.9 Å². The molecule has 5 rings (SSSR count). The van der Waals surface area contributed by atoms with Crippen LogP contribution in [0.3, 0.4) is 0 Å². The van der Waals surface area contributed by atoms with Gasteiger partial charge in [0, 0.05) is 27.1 Å². The van der Waals surface area contributed by atoms with Gasteiger partial charge in [0.1, 0.15) is 6.10 Å². The third-order valence-corrected chi connectivity index (χ3v) is 8.96. The van der Waals surface area contributed by atoms with Crippen molar-refractivity contribution in [3.8, 4) is 0 Å². The molecule has 1 spiro atoms. The molecule has 2 saturated heterocycles. The van der Waals surface area contributed by atoms with Crippen LogP contribution in [-0.2, 0) is 28.5 Å². The molecule has 0 amide bonds. The molecule has 3 aliphatic carbocycles. The highest BCUT2D eigenvalue weighted by molar-refractivity contribution is 6.44. The maximum absolute atomic E-state index is 13.2. The van der Waals surface area contributed by atoms with Gasteiger partial charge < -0.3 is 28.8 Å². The molecule has 9 heteroatoms. The number of fused-ring (bicyclic) bond motifs is 1. The van der Waals surface area contributed by atoms with Gasteiger partial charge in [0.2, 0.25) is 11.6 Å². The number of Topliss-reactive ketones (excluding diaryl/α,β-unsaturated/α-hetero) is 1. The molecule has 2 aliphatic heterocycles. The summed E-state index contributed by atoms with van der Waals surface area (Å²) in [5.41, 5.74) is 0. The number of hydrogen-bond acceptors (Lipinski definition) is 7. The molecule has 2 bridgehead atoms. The Morgan fingerprint density at radius 3 is 2.36 bits per heavy atom. The topological polar surface area (TPSA) is 83.5 Å². The molecule has 5 fully saturated rings. The monoisotopic (exact) mass is 436 g/mol. The number of rotatable bonds is 3. The van der Waals surface area contributed by atoms with Crippen molar-refractivity contribution < 1.29 is 33.6 Å². The summed E-state index contributed by atoms with van der Waals surface area (Å²) in [6.07, 6.45) is 4.80. The third-order valence-electron chi connectivity index (χ3n) is 7.57. The first kappa shape index (κ1) is 19.9. The Morgan fingerprint density at radius 1 is 1.07 bits per heavy atom. The lowest BCUT2D eigenvalue weighted by molar-refractivity contribution is -0.317. The van der Waals surface area contributed by atoms with E-state index >= 15 is 0 Å². The van der Waals surface area contributed by atoms with E-state index < -0.39 is 39.0 Å². The van der Waals surface area contributed by atoms with Crippen LogP contribution in [0.5, 0.6) is 0 Å². The lowest BCUT2D eigenvalue weighted by Gasteiger charge is -2.51. The SMILES string of the molecule is COC1(OC)C2(Cl)C[C@H]3C[C@@H]([C@H]4COC5(CCCCC5)O4)O[C@](O)(C2=O)C31Cl. The van der Waals surface area contributed by atoms with Crippen molar-refractivity contribution in [1.29, 1.82) is 0 Å². The normalized spacial score (nSPS) is 51.2. The van der Waals surface area contributed by atoms with Crippen LogP contribution >= 0.6 is 23.2 Å². The minimum atomic E-state index is -2.32. The molecule has 5 aliphatic rings. The number of alkyl halides is 2. The maximum Gasteiger partial charge on any atom is 0.254 e. The number of ether oxygens (including phenoxy) is 5. The minimum Gasteiger partial charge on any atom is -0.358 e. The predicted octanol–water partition coefficient (Wildman–Crippen LogP) is 2.09. The van der Waals surface area contributed by atoms with Crippen molar-refractivity contribution in [3.05, 3.63) is 0 Å². The van der Waals surface area contributed by atoms with Crippen molar-refractivity contribution in [2.24, 2.45) is 5.92 Å². The van der Waals surface area contributed by atoms with E-state index in [9.17, 15) is 9.90 Å². The van der Waals surface area contributed by atoms with E-state index in [0.717, 1.165) is 25.7 Å². The fourth-order valence-corrected chi connectivity index (χ4v) is 7.60. The highest BCUT2D eigenvalue weighted by Gasteiger charge is 2.93. The molecule has 2 unspecified atom stereocenters. The Morgan fingerprint density at radius 2 is 1.75 bits per heavy atom. The van der Waals surface area contributed by atoms with Crippen LogP contribution in [0.1, 0.15) is 44.9 Å². The number of hydrogen-bond donors (Lipinski definition) is 1. The second-order valence-electron chi connectivity index (χ2n) is 8.74. The number of aliphatic hydroxyl groups is 1. The van der Waals surface area contributed by atoms with Crippen LogP contribution < -0.4 is 0 Å². The molecule has 158 valence electrons. The standard InChI is InChI=1S/C19H26Cl2O7/c1-24-19(25-2)16(20)9-11-8-12(28-18(23,14(16)22)17(11,19)21)13-10-26-15(27-13)6-4-3-5-7-15/h11-13,23H,3-10H2,1-2H3/t11-,12+,13-,16?,17?,18-/m1/s1. The third kappa shape index (κ3) is 2.01. The summed E-state index contributed by atoms with van der Waals surface area (Å²) in [7, 11) is 2.75. The van der Waals surface area contributed by atoms with Crippen LogP contribution in [0.15, 0.2) is 0 Å². The predicted molar refractivity (Wildman–Crippen MR) is 98.1 cm³/mol. The molecular weight excluding hydrogens is 411 g/mol. The first-order chi connectivity index (χ1) is 13.2. The van der Waals surface area contributed by atoms with Gasteiger partial charge in [-0.3, -0.25) is 4.79 Å². The van der Waals surface area contributed by atoms with Crippen molar-refractivity contribution in [1.82, 2.24) is 0 Å². The molecule has 3 saturated carbocycles. The largest absolute Gasteiger partial charge is 0.358 e. The number of halogens is 2. The van der Waals surface area contributed by atoms with Crippen molar-refractivity contribution >= 4 is 29.0 Å². The van der Waals surface area contributed by atoms with Crippen molar-refractivity contribution in [3.63, 3.8) is 0 Å². The summed E-state index contributed by atoms with van der Waals surface area (Å²) in [6.45, 7) is 0.364. The molecule has 0 aromatic rings. The zero-order chi connectivity index (χ0) is 20.0. The van der Waals surface area contributed by atoms with Gasteiger partial charge in [-0.2, -0.15) is 0 Å². The Hall–Kier alpha value is 0.01000. The minimum absolute atomic E-state index is 0.236. The summed E-state index contributed by atoms with van der Waals surface area (Å²) >= 11 is 13.6. The number of methoxy groups -OCH3 is 2. The molecule has 6 atom stereocenters. The van der Waals surface area contributed by atoms with Crippen LogP contribution in [0.2, 0.25) is 0 Å². The maximum atomic E-state index is 13.2. The fraction of sp³-hybridized carbons (Fsp3) is 0.947. The summed E-state index contributed by atoms with van der Waals surface area (Å²) < 4.78 is 29.4. The Balaban J connectivity index is 1.45. The molecule has 2 heterocycles.